The first-order valence-electron chi connectivity index (χ1n) is 8.01. The van der Waals surface area contributed by atoms with Crippen molar-refractivity contribution < 1.29 is 22.3 Å². The molecular formula is C19H14N2O6S. The summed E-state index contributed by atoms with van der Waals surface area (Å²) >= 11 is 0. The standard InChI is InChI=1S/C19H14N2O6S/c22-20(16-7-2-1-3-8-16)14-15-6-4-5-9-19(15)27-28(25,26)18-12-10-17(11-13-18)21(23)24/h1-14H/b20-14-. The van der Waals surface area contributed by atoms with Crippen molar-refractivity contribution in [1.82, 2.24) is 0 Å². The Balaban J connectivity index is 1.91. The molecule has 0 aromatic heterocycles. The zero-order valence-corrected chi connectivity index (χ0v) is 15.2. The lowest BCUT2D eigenvalue weighted by atomic mass is 10.2. The molecule has 0 saturated heterocycles. The average Bonchev–Trinajstić information content (AvgIpc) is 2.70. The number of nitrogens with zero attached hydrogens (tertiary/aromatic N) is 2. The summed E-state index contributed by atoms with van der Waals surface area (Å²) in [6, 6.07) is 18.9. The third kappa shape index (κ3) is 4.33. The van der Waals surface area contributed by atoms with Gasteiger partial charge in [0.15, 0.2) is 12.0 Å². The van der Waals surface area contributed by atoms with E-state index >= 15 is 0 Å². The number of hydrogen-bond donors (Lipinski definition) is 0. The number of para-hydroxylation sites is 2. The highest BCUT2D eigenvalue weighted by Gasteiger charge is 2.20. The minimum Gasteiger partial charge on any atom is -0.618 e. The fourth-order valence-electron chi connectivity index (χ4n) is 2.34. The molecule has 3 aromatic carbocycles. The van der Waals surface area contributed by atoms with Gasteiger partial charge >= 0.3 is 10.1 Å². The van der Waals surface area contributed by atoms with Crippen LogP contribution in [0.1, 0.15) is 5.56 Å². The van der Waals surface area contributed by atoms with Gasteiger partial charge in [-0.2, -0.15) is 13.2 Å². The van der Waals surface area contributed by atoms with Crippen molar-refractivity contribution >= 4 is 27.7 Å². The van der Waals surface area contributed by atoms with E-state index in [2.05, 4.69) is 0 Å². The normalized spacial score (nSPS) is 11.8. The first-order chi connectivity index (χ1) is 13.4. The molecule has 0 aliphatic carbocycles. The molecule has 0 radical (unpaired) electrons. The van der Waals surface area contributed by atoms with Crippen molar-refractivity contribution in [1.29, 1.82) is 0 Å². The molecule has 0 atom stereocenters. The van der Waals surface area contributed by atoms with Gasteiger partial charge in [-0.05, 0) is 24.3 Å². The molecule has 9 heteroatoms. The van der Waals surface area contributed by atoms with E-state index in [9.17, 15) is 23.7 Å². The second kappa shape index (κ2) is 7.89. The average molecular weight is 398 g/mol. The van der Waals surface area contributed by atoms with Gasteiger partial charge in [0.1, 0.15) is 4.90 Å². The summed E-state index contributed by atoms with van der Waals surface area (Å²) in [4.78, 5) is 9.83. The quantitative estimate of drug-likeness (QED) is 0.156. The van der Waals surface area contributed by atoms with E-state index < -0.39 is 15.0 Å². The van der Waals surface area contributed by atoms with Crippen LogP contribution in [0.15, 0.2) is 83.8 Å². The molecule has 0 unspecified atom stereocenters. The van der Waals surface area contributed by atoms with Crippen LogP contribution in [0, 0.1) is 15.3 Å². The number of benzene rings is 3. The Morgan fingerprint density at radius 3 is 2.04 bits per heavy atom. The smallest absolute Gasteiger partial charge is 0.339 e. The molecule has 0 fully saturated rings. The van der Waals surface area contributed by atoms with Gasteiger partial charge in [0, 0.05) is 24.3 Å². The first kappa shape index (κ1) is 19.1. The van der Waals surface area contributed by atoms with Gasteiger partial charge in [0.05, 0.1) is 10.5 Å². The van der Waals surface area contributed by atoms with E-state index in [1.165, 1.54) is 18.3 Å². The zero-order valence-electron chi connectivity index (χ0n) is 14.3. The van der Waals surface area contributed by atoms with E-state index in [1.807, 2.05) is 0 Å². The molecule has 142 valence electrons. The van der Waals surface area contributed by atoms with Crippen molar-refractivity contribution in [3.05, 3.63) is 99.7 Å². The molecule has 0 N–H and O–H groups in total. The van der Waals surface area contributed by atoms with Crippen LogP contribution in [-0.4, -0.2) is 24.3 Å². The highest BCUT2D eigenvalue weighted by atomic mass is 32.2. The predicted molar refractivity (Wildman–Crippen MR) is 102 cm³/mol. The molecule has 3 aromatic rings. The summed E-state index contributed by atoms with van der Waals surface area (Å²) in [5.74, 6) is -0.0439. The summed E-state index contributed by atoms with van der Waals surface area (Å²) in [6.07, 6.45) is 1.20. The lowest BCUT2D eigenvalue weighted by molar-refractivity contribution is -0.384. The van der Waals surface area contributed by atoms with Crippen LogP contribution in [0.3, 0.4) is 0 Å². The lowest BCUT2D eigenvalue weighted by Gasteiger charge is -2.09. The Bertz CT molecular complexity index is 1130. The fourth-order valence-corrected chi connectivity index (χ4v) is 3.29. The van der Waals surface area contributed by atoms with Gasteiger partial charge in [-0.1, -0.05) is 30.3 Å². The largest absolute Gasteiger partial charge is 0.618 e. The van der Waals surface area contributed by atoms with Crippen LogP contribution in [0.4, 0.5) is 11.4 Å². The van der Waals surface area contributed by atoms with E-state index in [0.717, 1.165) is 24.3 Å². The van der Waals surface area contributed by atoms with E-state index in [0.29, 0.717) is 10.4 Å². The van der Waals surface area contributed by atoms with Gasteiger partial charge in [-0.3, -0.25) is 10.1 Å². The lowest BCUT2D eigenvalue weighted by Crippen LogP contribution is -2.11. The maximum absolute atomic E-state index is 12.5. The minimum atomic E-state index is -4.24. The van der Waals surface area contributed by atoms with Crippen molar-refractivity contribution in [2.24, 2.45) is 0 Å². The van der Waals surface area contributed by atoms with Crippen molar-refractivity contribution in [2.45, 2.75) is 4.90 Å². The van der Waals surface area contributed by atoms with Crippen molar-refractivity contribution in [3.63, 3.8) is 0 Å². The molecular weight excluding hydrogens is 384 g/mol. The van der Waals surface area contributed by atoms with Gasteiger partial charge in [0.2, 0.25) is 5.69 Å². The Labute approximate surface area is 160 Å². The summed E-state index contributed by atoms with van der Waals surface area (Å²) in [6.45, 7) is 0. The van der Waals surface area contributed by atoms with Gasteiger partial charge in [-0.15, -0.1) is 0 Å². The van der Waals surface area contributed by atoms with E-state index in [1.54, 1.807) is 42.5 Å². The maximum atomic E-state index is 12.5. The monoisotopic (exact) mass is 398 g/mol. The Morgan fingerprint density at radius 2 is 1.39 bits per heavy atom. The van der Waals surface area contributed by atoms with Crippen LogP contribution < -0.4 is 4.18 Å². The predicted octanol–water partition coefficient (Wildman–Crippen LogP) is 3.62. The summed E-state index contributed by atoms with van der Waals surface area (Å²) in [5, 5.41) is 23.0. The second-order valence-corrected chi connectivity index (χ2v) is 7.16. The van der Waals surface area contributed by atoms with Gasteiger partial charge in [-0.25, -0.2) is 0 Å². The molecule has 8 nitrogen and oxygen atoms in total. The third-order valence-corrected chi connectivity index (χ3v) is 4.97. The zero-order chi connectivity index (χ0) is 20.1. The molecule has 0 saturated carbocycles. The molecule has 0 spiro atoms. The van der Waals surface area contributed by atoms with Gasteiger partial charge in [0.25, 0.3) is 5.69 Å². The van der Waals surface area contributed by atoms with Crippen LogP contribution in [0.2, 0.25) is 0 Å². The summed E-state index contributed by atoms with van der Waals surface area (Å²) in [7, 11) is -4.24. The molecule has 0 aliphatic heterocycles. The third-order valence-electron chi connectivity index (χ3n) is 3.72. The van der Waals surface area contributed by atoms with Crippen LogP contribution in [0.5, 0.6) is 5.75 Å². The molecule has 0 bridgehead atoms. The number of hydrogen-bond acceptors (Lipinski definition) is 6. The number of nitro benzene ring substituents is 1. The second-order valence-electron chi connectivity index (χ2n) is 5.62. The highest BCUT2D eigenvalue weighted by Crippen LogP contribution is 2.24. The maximum Gasteiger partial charge on any atom is 0.339 e. The van der Waals surface area contributed by atoms with Gasteiger partial charge < -0.3 is 9.39 Å². The Kier molecular flexibility index (Phi) is 5.37. The SMILES string of the molecule is O=[N+]([O-])c1ccc(S(=O)(=O)Oc2ccccc2/C=[N+](\[O-])c2ccccc2)cc1. The van der Waals surface area contributed by atoms with Crippen LogP contribution in [0.25, 0.3) is 0 Å². The summed E-state index contributed by atoms with van der Waals surface area (Å²) < 4.78 is 30.7. The van der Waals surface area contributed by atoms with Crippen molar-refractivity contribution in [3.8, 4) is 5.75 Å². The molecule has 0 amide bonds. The molecule has 0 aliphatic rings. The number of nitro groups is 1. The number of rotatable bonds is 6. The Hall–Kier alpha value is -3.72. The fraction of sp³-hybridized carbons (Fsp3) is 0. The van der Waals surface area contributed by atoms with Crippen LogP contribution in [-0.2, 0) is 10.1 Å². The minimum absolute atomic E-state index is 0.0439. The first-order valence-corrected chi connectivity index (χ1v) is 9.42. The molecule has 28 heavy (non-hydrogen) atoms. The Morgan fingerprint density at radius 1 is 0.786 bits per heavy atom. The van der Waals surface area contributed by atoms with E-state index in [4.69, 9.17) is 4.18 Å². The van der Waals surface area contributed by atoms with Crippen molar-refractivity contribution in [2.75, 3.05) is 0 Å². The van der Waals surface area contributed by atoms with Crippen LogP contribution >= 0.6 is 0 Å². The molecule has 0 heterocycles. The van der Waals surface area contributed by atoms with E-state index in [-0.39, 0.29) is 21.9 Å². The summed E-state index contributed by atoms with van der Waals surface area (Å²) in [5.41, 5.74) is 0.389. The molecule has 3 rings (SSSR count). The topological polar surface area (TPSA) is 113 Å². The number of non-ortho nitro benzene ring substituents is 1. The highest BCUT2D eigenvalue weighted by molar-refractivity contribution is 7.87.